The first-order valence-electron chi connectivity index (χ1n) is 8.62. The third-order valence-corrected chi connectivity index (χ3v) is 5.72. The van der Waals surface area contributed by atoms with Gasteiger partial charge in [0.15, 0.2) is 11.6 Å². The molecule has 1 fully saturated rings. The number of rotatable bonds is 4. The molecule has 29 heavy (non-hydrogen) atoms. The number of halogens is 3. The van der Waals surface area contributed by atoms with E-state index in [1.165, 1.54) is 12.1 Å². The van der Waals surface area contributed by atoms with Gasteiger partial charge in [-0.15, -0.1) is 11.8 Å². The van der Waals surface area contributed by atoms with Crippen LogP contribution in [0.1, 0.15) is 24.0 Å². The van der Waals surface area contributed by atoms with Gasteiger partial charge in [-0.05, 0) is 18.4 Å². The quantitative estimate of drug-likeness (QED) is 0.443. The van der Waals surface area contributed by atoms with Gasteiger partial charge in [0.25, 0.3) is 11.7 Å². The summed E-state index contributed by atoms with van der Waals surface area (Å²) in [4.78, 5) is 20.6. The topological polar surface area (TPSA) is 119 Å². The van der Waals surface area contributed by atoms with E-state index in [2.05, 4.69) is 9.97 Å². The fourth-order valence-electron chi connectivity index (χ4n) is 3.86. The summed E-state index contributed by atoms with van der Waals surface area (Å²) in [6.45, 7) is 0.244. The standard InChI is InChI=1S/C18H17F3N6OS/c1-29-16-12(9-22)15(25-17(24)26-16)27(7-3-6-13(27)14(23)28)11-5-2-4-10(8-11)18(19,20)21/h2,4-5,8,13H,3,6-7H2,1H3,(H3-,23,24,25,26,28)/p+1/t13?,27-/m1/s1. The van der Waals surface area contributed by atoms with Crippen molar-refractivity contribution in [1.82, 2.24) is 14.5 Å². The molecule has 0 spiro atoms. The second kappa shape index (κ2) is 7.53. The number of aromatic nitrogens is 2. The number of primary amides is 1. The summed E-state index contributed by atoms with van der Waals surface area (Å²) in [6, 6.07) is 5.80. The van der Waals surface area contributed by atoms with E-state index in [1.54, 1.807) is 6.26 Å². The monoisotopic (exact) mass is 423 g/mol. The van der Waals surface area contributed by atoms with E-state index in [-0.39, 0.29) is 34.6 Å². The van der Waals surface area contributed by atoms with E-state index in [0.717, 1.165) is 23.9 Å². The normalized spacial score (nSPS) is 21.7. The van der Waals surface area contributed by atoms with Crippen LogP contribution in [-0.4, -0.2) is 34.7 Å². The van der Waals surface area contributed by atoms with Gasteiger partial charge in [-0.2, -0.15) is 23.4 Å². The summed E-state index contributed by atoms with van der Waals surface area (Å²) in [5.74, 6) is -0.736. The smallest absolute Gasteiger partial charge is 0.368 e. The molecule has 3 rings (SSSR count). The van der Waals surface area contributed by atoms with Crippen LogP contribution in [0.25, 0.3) is 0 Å². The zero-order chi connectivity index (χ0) is 21.4. The molecule has 152 valence electrons. The minimum absolute atomic E-state index is 0.0669. The number of quaternary nitrogens is 1. The zero-order valence-electron chi connectivity index (χ0n) is 15.4. The molecule has 2 aromatic rings. The largest absolute Gasteiger partial charge is 0.416 e. The number of amides is 1. The van der Waals surface area contributed by atoms with Crippen LogP contribution in [0.4, 0.5) is 30.6 Å². The average Bonchev–Trinajstić information content (AvgIpc) is 3.13. The number of carbonyl (C=O) groups excluding carboxylic acids is 1. The highest BCUT2D eigenvalue weighted by atomic mass is 32.2. The number of benzene rings is 1. The summed E-state index contributed by atoms with van der Waals surface area (Å²) >= 11 is 1.16. The molecule has 0 radical (unpaired) electrons. The van der Waals surface area contributed by atoms with Crippen molar-refractivity contribution in [2.45, 2.75) is 30.1 Å². The summed E-state index contributed by atoms with van der Waals surface area (Å²) < 4.78 is 39.7. The highest BCUT2D eigenvalue weighted by molar-refractivity contribution is 7.98. The zero-order valence-corrected chi connectivity index (χ0v) is 16.2. The summed E-state index contributed by atoms with van der Waals surface area (Å²) in [6.07, 6.45) is -2.03. The Morgan fingerprint density at radius 3 is 2.69 bits per heavy atom. The van der Waals surface area contributed by atoms with E-state index in [0.29, 0.717) is 12.8 Å². The molecular weight excluding hydrogens is 405 g/mol. The Labute approximate surface area is 169 Å². The predicted molar refractivity (Wildman–Crippen MR) is 103 cm³/mol. The Bertz CT molecular complexity index is 1010. The van der Waals surface area contributed by atoms with Crippen molar-refractivity contribution < 1.29 is 18.0 Å². The number of anilines is 1. The first-order chi connectivity index (χ1) is 13.6. The van der Waals surface area contributed by atoms with Gasteiger partial charge in [0.2, 0.25) is 5.95 Å². The second-order valence-corrected chi connectivity index (χ2v) is 7.40. The van der Waals surface area contributed by atoms with Crippen molar-refractivity contribution in [3.8, 4) is 6.07 Å². The van der Waals surface area contributed by atoms with Gasteiger partial charge >= 0.3 is 6.18 Å². The number of nitriles is 1. The van der Waals surface area contributed by atoms with Crippen molar-refractivity contribution in [3.63, 3.8) is 0 Å². The minimum atomic E-state index is -4.57. The molecule has 0 bridgehead atoms. The van der Waals surface area contributed by atoms with Crippen molar-refractivity contribution in [2.75, 3.05) is 18.5 Å². The Balaban J connectivity index is 2.39. The number of nitrogens with two attached hydrogens (primary N) is 2. The maximum absolute atomic E-state index is 13.4. The summed E-state index contributed by atoms with van der Waals surface area (Å²) in [7, 11) is 0. The molecule has 2 heterocycles. The lowest BCUT2D eigenvalue weighted by molar-refractivity contribution is -0.137. The molecule has 1 aromatic heterocycles. The molecule has 11 heteroatoms. The van der Waals surface area contributed by atoms with Crippen molar-refractivity contribution in [2.24, 2.45) is 5.73 Å². The lowest BCUT2D eigenvalue weighted by atomic mass is 10.1. The summed E-state index contributed by atoms with van der Waals surface area (Å²) in [5.41, 5.74) is 10.8. The van der Waals surface area contributed by atoms with Gasteiger partial charge in [-0.25, -0.2) is 9.47 Å². The van der Waals surface area contributed by atoms with Gasteiger partial charge in [0.05, 0.1) is 12.1 Å². The van der Waals surface area contributed by atoms with Crippen molar-refractivity contribution >= 4 is 35.1 Å². The Hall–Kier alpha value is -2.84. The first-order valence-corrected chi connectivity index (χ1v) is 9.84. The van der Waals surface area contributed by atoms with Crippen LogP contribution in [0.15, 0.2) is 29.3 Å². The molecule has 2 atom stereocenters. The predicted octanol–water partition coefficient (Wildman–Crippen LogP) is 2.96. The molecule has 7 nitrogen and oxygen atoms in total. The number of nitrogens with zero attached hydrogens (tertiary/aromatic N) is 4. The molecule has 0 saturated carbocycles. The number of alkyl halides is 3. The maximum Gasteiger partial charge on any atom is 0.416 e. The van der Waals surface area contributed by atoms with Crippen LogP contribution in [-0.2, 0) is 11.0 Å². The molecule has 1 saturated heterocycles. The molecule has 1 unspecified atom stereocenters. The molecule has 1 aliphatic rings. The molecule has 4 N–H and O–H groups in total. The average molecular weight is 423 g/mol. The van der Waals surface area contributed by atoms with Crippen LogP contribution in [0.5, 0.6) is 0 Å². The number of hydrogen-bond donors (Lipinski definition) is 2. The van der Waals surface area contributed by atoms with Crippen LogP contribution < -0.4 is 16.0 Å². The van der Waals surface area contributed by atoms with Gasteiger partial charge < -0.3 is 11.5 Å². The molecular formula is C18H18F3N6OS+. The SMILES string of the molecule is CSc1nc(N)nc([N@@+]2(c3cccc(C(F)(F)F)c3)CCCC2C(N)=O)c1C#N. The second-order valence-electron chi connectivity index (χ2n) is 6.60. The number of thioether (sulfide) groups is 1. The lowest BCUT2D eigenvalue weighted by Crippen LogP contribution is -2.55. The number of nitrogen functional groups attached to an aromatic ring is 1. The first kappa shape index (κ1) is 20.9. The van der Waals surface area contributed by atoms with Crippen LogP contribution in [0.3, 0.4) is 0 Å². The third-order valence-electron chi connectivity index (χ3n) is 5.04. The van der Waals surface area contributed by atoms with Gasteiger partial charge in [0, 0.05) is 18.9 Å². The van der Waals surface area contributed by atoms with E-state index in [4.69, 9.17) is 11.5 Å². The van der Waals surface area contributed by atoms with Gasteiger partial charge in [-0.3, -0.25) is 4.79 Å². The number of hydrogen-bond acceptors (Lipinski definition) is 6. The van der Waals surface area contributed by atoms with E-state index in [9.17, 15) is 23.2 Å². The van der Waals surface area contributed by atoms with E-state index < -0.39 is 28.2 Å². The molecule has 1 aliphatic heterocycles. The Morgan fingerprint density at radius 2 is 2.10 bits per heavy atom. The molecule has 1 amide bonds. The fraction of sp³-hybridized carbons (Fsp3) is 0.333. The number of carbonyl (C=O) groups is 1. The molecule has 0 aliphatic carbocycles. The van der Waals surface area contributed by atoms with E-state index >= 15 is 0 Å². The summed E-state index contributed by atoms with van der Waals surface area (Å²) in [5, 5.41) is 10.0. The van der Waals surface area contributed by atoms with Crippen LogP contribution >= 0.6 is 11.8 Å². The van der Waals surface area contributed by atoms with Crippen LogP contribution in [0.2, 0.25) is 0 Å². The maximum atomic E-state index is 13.4. The highest BCUT2D eigenvalue weighted by Crippen LogP contribution is 2.46. The van der Waals surface area contributed by atoms with Gasteiger partial charge in [-0.1, -0.05) is 6.07 Å². The third kappa shape index (κ3) is 3.49. The Kier molecular flexibility index (Phi) is 5.42. The van der Waals surface area contributed by atoms with Crippen molar-refractivity contribution in [1.29, 1.82) is 5.26 Å². The highest BCUT2D eigenvalue weighted by Gasteiger charge is 2.52. The lowest BCUT2D eigenvalue weighted by Gasteiger charge is -2.37. The van der Waals surface area contributed by atoms with E-state index in [1.807, 2.05) is 6.07 Å². The molecule has 1 aromatic carbocycles. The van der Waals surface area contributed by atoms with Crippen LogP contribution in [0, 0.1) is 11.3 Å². The van der Waals surface area contributed by atoms with Gasteiger partial charge in [0.1, 0.15) is 16.8 Å². The Morgan fingerprint density at radius 1 is 1.38 bits per heavy atom. The van der Waals surface area contributed by atoms with Crippen molar-refractivity contribution in [3.05, 3.63) is 35.4 Å². The fourth-order valence-corrected chi connectivity index (χ4v) is 4.39. The minimum Gasteiger partial charge on any atom is -0.368 e.